The van der Waals surface area contributed by atoms with Crippen LogP contribution in [0.4, 0.5) is 11.4 Å². The lowest BCUT2D eigenvalue weighted by Crippen LogP contribution is -1.92. The van der Waals surface area contributed by atoms with Gasteiger partial charge in [-0.2, -0.15) is 0 Å². The maximum absolute atomic E-state index is 10.9. The summed E-state index contributed by atoms with van der Waals surface area (Å²) in [6, 6.07) is 9.50. The Morgan fingerprint density at radius 3 is 2.75 bits per heavy atom. The molecule has 0 aliphatic heterocycles. The van der Waals surface area contributed by atoms with Crippen LogP contribution in [0.2, 0.25) is 0 Å². The highest BCUT2D eigenvalue weighted by Crippen LogP contribution is 2.33. The smallest absolute Gasteiger partial charge is 0.301 e. The van der Waals surface area contributed by atoms with E-state index in [1.54, 1.807) is 24.3 Å². The maximum atomic E-state index is 10.9. The number of hydrogen-bond acceptors (Lipinski definition) is 7. The van der Waals surface area contributed by atoms with Gasteiger partial charge in [-0.25, -0.2) is 4.63 Å². The van der Waals surface area contributed by atoms with Crippen LogP contribution in [-0.4, -0.2) is 15.2 Å². The van der Waals surface area contributed by atoms with Gasteiger partial charge >= 0.3 is 5.69 Å². The number of aromatic nitrogens is 2. The minimum absolute atomic E-state index is 0.0383. The number of nitrogen functional groups attached to an aromatic ring is 1. The molecule has 3 aromatic rings. The van der Waals surface area contributed by atoms with Gasteiger partial charge in [0.1, 0.15) is 5.75 Å². The summed E-state index contributed by atoms with van der Waals surface area (Å²) in [5, 5.41) is 18.0. The average Bonchev–Trinajstić information content (AvgIpc) is 2.88. The molecule has 2 aromatic carbocycles. The van der Waals surface area contributed by atoms with Gasteiger partial charge in [0.15, 0.2) is 11.3 Å². The van der Waals surface area contributed by atoms with Crippen LogP contribution in [0.1, 0.15) is 0 Å². The van der Waals surface area contributed by atoms with Crippen LogP contribution < -0.4 is 10.5 Å². The number of benzene rings is 2. The largest absolute Gasteiger partial charge is 0.455 e. The van der Waals surface area contributed by atoms with Crippen molar-refractivity contribution in [3.8, 4) is 11.5 Å². The van der Waals surface area contributed by atoms with E-state index in [-0.39, 0.29) is 16.7 Å². The molecule has 1 heterocycles. The molecule has 0 bridgehead atoms. The van der Waals surface area contributed by atoms with Crippen LogP contribution in [0.25, 0.3) is 11.0 Å². The first-order valence-corrected chi connectivity index (χ1v) is 5.58. The summed E-state index contributed by atoms with van der Waals surface area (Å²) in [6.07, 6.45) is 0. The van der Waals surface area contributed by atoms with Crippen molar-refractivity contribution in [2.45, 2.75) is 0 Å². The zero-order valence-electron chi connectivity index (χ0n) is 10.0. The molecule has 8 heteroatoms. The number of nitrogens with zero attached hydrogens (tertiary/aromatic N) is 3. The summed E-state index contributed by atoms with van der Waals surface area (Å²) >= 11 is 0. The van der Waals surface area contributed by atoms with Gasteiger partial charge in [-0.05, 0) is 28.5 Å². The topological polar surface area (TPSA) is 117 Å². The molecule has 1 aromatic heterocycles. The molecule has 0 saturated carbocycles. The first-order valence-electron chi connectivity index (χ1n) is 5.58. The van der Waals surface area contributed by atoms with Crippen molar-refractivity contribution in [3.63, 3.8) is 0 Å². The summed E-state index contributed by atoms with van der Waals surface area (Å²) < 4.78 is 10.1. The second-order valence-corrected chi connectivity index (χ2v) is 3.98. The van der Waals surface area contributed by atoms with E-state index in [4.69, 9.17) is 10.5 Å². The van der Waals surface area contributed by atoms with Gasteiger partial charge in [0.2, 0.25) is 5.52 Å². The minimum atomic E-state index is -0.559. The number of nitro benzene ring substituents is 1. The predicted molar refractivity (Wildman–Crippen MR) is 69.4 cm³/mol. The van der Waals surface area contributed by atoms with E-state index >= 15 is 0 Å². The number of ether oxygens (including phenoxy) is 1. The number of fused-ring (bicyclic) bond motifs is 1. The Labute approximate surface area is 111 Å². The summed E-state index contributed by atoms with van der Waals surface area (Å²) in [7, 11) is 0. The van der Waals surface area contributed by atoms with Crippen LogP contribution in [0.3, 0.4) is 0 Å². The first kappa shape index (κ1) is 11.9. The van der Waals surface area contributed by atoms with Crippen molar-refractivity contribution >= 4 is 22.4 Å². The Bertz CT molecular complexity index is 799. The van der Waals surface area contributed by atoms with E-state index in [0.717, 1.165) is 0 Å². The number of nitrogens with two attached hydrogens (primary N) is 1. The minimum Gasteiger partial charge on any atom is -0.455 e. The van der Waals surface area contributed by atoms with Gasteiger partial charge in [0.25, 0.3) is 0 Å². The van der Waals surface area contributed by atoms with E-state index in [1.165, 1.54) is 12.1 Å². The van der Waals surface area contributed by atoms with Gasteiger partial charge in [-0.1, -0.05) is 6.07 Å². The quantitative estimate of drug-likeness (QED) is 0.442. The Kier molecular flexibility index (Phi) is 2.68. The molecule has 0 unspecified atom stereocenters. The first-order chi connectivity index (χ1) is 9.65. The van der Waals surface area contributed by atoms with Crippen LogP contribution in [-0.2, 0) is 0 Å². The molecule has 2 N–H and O–H groups in total. The van der Waals surface area contributed by atoms with Crippen molar-refractivity contribution in [3.05, 3.63) is 46.5 Å². The van der Waals surface area contributed by atoms with E-state index in [0.29, 0.717) is 17.2 Å². The van der Waals surface area contributed by atoms with Crippen LogP contribution in [0, 0.1) is 10.1 Å². The monoisotopic (exact) mass is 272 g/mol. The number of nitro groups is 1. The van der Waals surface area contributed by atoms with E-state index < -0.39 is 4.92 Å². The fourth-order valence-corrected chi connectivity index (χ4v) is 1.77. The lowest BCUT2D eigenvalue weighted by molar-refractivity contribution is -0.383. The number of rotatable bonds is 3. The van der Waals surface area contributed by atoms with Crippen LogP contribution in [0.5, 0.6) is 11.5 Å². The highest BCUT2D eigenvalue weighted by molar-refractivity contribution is 5.88. The van der Waals surface area contributed by atoms with Gasteiger partial charge in [0, 0.05) is 17.8 Å². The van der Waals surface area contributed by atoms with Gasteiger partial charge < -0.3 is 10.5 Å². The summed E-state index contributed by atoms with van der Waals surface area (Å²) in [5.41, 5.74) is 6.22. The van der Waals surface area contributed by atoms with Crippen molar-refractivity contribution in [2.75, 3.05) is 5.73 Å². The molecule has 0 spiro atoms. The van der Waals surface area contributed by atoms with Crippen molar-refractivity contribution in [1.29, 1.82) is 0 Å². The molecule has 0 saturated heterocycles. The Balaban J connectivity index is 2.07. The van der Waals surface area contributed by atoms with Crippen LogP contribution in [0.15, 0.2) is 41.0 Å². The fraction of sp³-hybridized carbons (Fsp3) is 0. The lowest BCUT2D eigenvalue weighted by atomic mass is 10.2. The highest BCUT2D eigenvalue weighted by atomic mass is 16.6. The van der Waals surface area contributed by atoms with E-state index in [9.17, 15) is 10.1 Å². The zero-order chi connectivity index (χ0) is 14.1. The second-order valence-electron chi connectivity index (χ2n) is 3.98. The molecule has 0 radical (unpaired) electrons. The molecule has 8 nitrogen and oxygen atoms in total. The molecule has 100 valence electrons. The third-order valence-electron chi connectivity index (χ3n) is 2.64. The predicted octanol–water partition coefficient (Wildman–Crippen LogP) is 2.51. The third-order valence-corrected chi connectivity index (χ3v) is 2.64. The molecular formula is C12H8N4O4. The molecule has 20 heavy (non-hydrogen) atoms. The van der Waals surface area contributed by atoms with Crippen LogP contribution >= 0.6 is 0 Å². The maximum Gasteiger partial charge on any atom is 0.301 e. The highest BCUT2D eigenvalue weighted by Gasteiger charge is 2.20. The fourth-order valence-electron chi connectivity index (χ4n) is 1.77. The molecular weight excluding hydrogens is 264 g/mol. The summed E-state index contributed by atoms with van der Waals surface area (Å²) in [6.45, 7) is 0. The number of hydrogen-bond donors (Lipinski definition) is 1. The van der Waals surface area contributed by atoms with Crippen molar-refractivity contribution in [2.24, 2.45) is 0 Å². The SMILES string of the molecule is Nc1cccc(Oc2ccc([N+](=O)[O-])c3nonc23)c1. The molecule has 0 atom stereocenters. The average molecular weight is 272 g/mol. The molecule has 0 amide bonds. The Morgan fingerprint density at radius 1 is 1.20 bits per heavy atom. The van der Waals surface area contributed by atoms with E-state index in [1.807, 2.05) is 0 Å². The zero-order valence-corrected chi connectivity index (χ0v) is 10.0. The Morgan fingerprint density at radius 2 is 2.00 bits per heavy atom. The second kappa shape index (κ2) is 4.50. The normalized spacial score (nSPS) is 10.6. The standard InChI is InChI=1S/C12H8N4O4/c13-7-2-1-3-8(6-7)19-10-5-4-9(16(17)18)11-12(10)15-20-14-11/h1-6H,13H2. The molecule has 0 aliphatic carbocycles. The summed E-state index contributed by atoms with van der Waals surface area (Å²) in [4.78, 5) is 10.3. The van der Waals surface area contributed by atoms with Gasteiger partial charge in [-0.3, -0.25) is 10.1 Å². The summed E-state index contributed by atoms with van der Waals surface area (Å²) in [5.74, 6) is 0.792. The lowest BCUT2D eigenvalue weighted by Gasteiger charge is -2.06. The molecule has 0 aliphatic rings. The van der Waals surface area contributed by atoms with Crippen molar-refractivity contribution in [1.82, 2.24) is 10.3 Å². The van der Waals surface area contributed by atoms with Crippen molar-refractivity contribution < 1.29 is 14.3 Å². The van der Waals surface area contributed by atoms with E-state index in [2.05, 4.69) is 14.9 Å². The van der Waals surface area contributed by atoms with Gasteiger partial charge in [-0.15, -0.1) is 0 Å². The molecule has 0 fully saturated rings. The molecule has 3 rings (SSSR count). The Hall–Kier alpha value is -3.16. The third kappa shape index (κ3) is 1.99. The van der Waals surface area contributed by atoms with Gasteiger partial charge in [0.05, 0.1) is 4.92 Å². The number of non-ortho nitro benzene ring substituents is 1. The number of anilines is 1.